The molecule has 0 aliphatic carbocycles. The number of hydrogen-bond donors (Lipinski definition) is 1. The molecule has 0 heterocycles. The van der Waals surface area contributed by atoms with Crippen molar-refractivity contribution in [1.82, 2.24) is 0 Å². The third-order valence-electron chi connectivity index (χ3n) is 2.14. The van der Waals surface area contributed by atoms with Crippen LogP contribution in [0.25, 0.3) is 0 Å². The Labute approximate surface area is 95.8 Å². The molecular formula is C12H17ClO2. The second-order valence-corrected chi connectivity index (χ2v) is 3.77. The topological polar surface area (TPSA) is 29.5 Å². The summed E-state index contributed by atoms with van der Waals surface area (Å²) in [5, 5.41) is 9.67. The summed E-state index contributed by atoms with van der Waals surface area (Å²) in [4.78, 5) is 0. The fourth-order valence-corrected chi connectivity index (χ4v) is 1.54. The Balaban J connectivity index is 2.71. The average Bonchev–Trinajstić information content (AvgIpc) is 2.23. The highest BCUT2D eigenvalue weighted by Crippen LogP contribution is 2.28. The summed E-state index contributed by atoms with van der Waals surface area (Å²) in [7, 11) is 0. The molecule has 0 bridgehead atoms. The van der Waals surface area contributed by atoms with Crippen LogP contribution in [0.15, 0.2) is 18.2 Å². The van der Waals surface area contributed by atoms with Crippen molar-refractivity contribution in [2.45, 2.75) is 26.2 Å². The van der Waals surface area contributed by atoms with Crippen LogP contribution in [-0.4, -0.2) is 17.6 Å². The van der Waals surface area contributed by atoms with E-state index in [-0.39, 0.29) is 0 Å². The van der Waals surface area contributed by atoms with E-state index in [9.17, 15) is 5.11 Å². The van der Waals surface area contributed by atoms with Crippen LogP contribution in [0.1, 0.15) is 25.3 Å². The molecule has 1 aromatic carbocycles. The molecule has 0 radical (unpaired) electrons. The maximum atomic E-state index is 9.67. The number of halogens is 1. The van der Waals surface area contributed by atoms with Gasteiger partial charge in [-0.2, -0.15) is 0 Å². The molecule has 0 amide bonds. The Morgan fingerprint density at radius 1 is 1.40 bits per heavy atom. The van der Waals surface area contributed by atoms with Gasteiger partial charge in [0.2, 0.25) is 0 Å². The van der Waals surface area contributed by atoms with Crippen LogP contribution in [0.4, 0.5) is 0 Å². The van der Waals surface area contributed by atoms with Crippen molar-refractivity contribution in [2.75, 3.05) is 12.5 Å². The van der Waals surface area contributed by atoms with Gasteiger partial charge in [0.05, 0.1) is 6.61 Å². The van der Waals surface area contributed by atoms with Gasteiger partial charge in [-0.15, -0.1) is 11.6 Å². The SMILES string of the molecule is CCCc1c(O)cccc1OCCCCl. The van der Waals surface area contributed by atoms with Crippen molar-refractivity contribution in [1.29, 1.82) is 0 Å². The highest BCUT2D eigenvalue weighted by molar-refractivity contribution is 6.17. The number of ether oxygens (including phenoxy) is 1. The zero-order valence-electron chi connectivity index (χ0n) is 9.00. The highest BCUT2D eigenvalue weighted by Gasteiger charge is 2.07. The smallest absolute Gasteiger partial charge is 0.126 e. The number of aromatic hydroxyl groups is 1. The van der Waals surface area contributed by atoms with Gasteiger partial charge in [0, 0.05) is 11.4 Å². The Morgan fingerprint density at radius 3 is 2.87 bits per heavy atom. The molecule has 0 aromatic heterocycles. The molecule has 0 atom stereocenters. The Morgan fingerprint density at radius 2 is 2.20 bits per heavy atom. The minimum atomic E-state index is 0.320. The first-order valence-corrected chi connectivity index (χ1v) is 5.82. The third kappa shape index (κ3) is 3.63. The second-order valence-electron chi connectivity index (χ2n) is 3.39. The first kappa shape index (κ1) is 12.2. The molecule has 15 heavy (non-hydrogen) atoms. The molecular weight excluding hydrogens is 212 g/mol. The standard InChI is InChI=1S/C12H17ClO2/c1-2-5-10-11(14)6-3-7-12(10)15-9-4-8-13/h3,6-7,14H,2,4-5,8-9H2,1H3. The van der Waals surface area contributed by atoms with Crippen molar-refractivity contribution in [3.05, 3.63) is 23.8 Å². The number of phenols is 1. The van der Waals surface area contributed by atoms with Crippen LogP contribution in [0.2, 0.25) is 0 Å². The first-order chi connectivity index (χ1) is 7.29. The van der Waals surface area contributed by atoms with E-state index in [4.69, 9.17) is 16.3 Å². The van der Waals surface area contributed by atoms with E-state index in [1.165, 1.54) is 0 Å². The van der Waals surface area contributed by atoms with Gasteiger partial charge < -0.3 is 9.84 Å². The fraction of sp³-hybridized carbons (Fsp3) is 0.500. The van der Waals surface area contributed by atoms with Gasteiger partial charge in [0.1, 0.15) is 11.5 Å². The van der Waals surface area contributed by atoms with Crippen LogP contribution in [0, 0.1) is 0 Å². The van der Waals surface area contributed by atoms with Crippen molar-refractivity contribution in [3.63, 3.8) is 0 Å². The number of phenolic OH excluding ortho intramolecular Hbond substituents is 1. The number of hydrogen-bond acceptors (Lipinski definition) is 2. The van der Waals surface area contributed by atoms with Crippen LogP contribution in [-0.2, 0) is 6.42 Å². The average molecular weight is 229 g/mol. The lowest BCUT2D eigenvalue weighted by atomic mass is 10.1. The molecule has 0 saturated heterocycles. The van der Waals surface area contributed by atoms with Crippen LogP contribution in [0.5, 0.6) is 11.5 Å². The van der Waals surface area contributed by atoms with E-state index < -0.39 is 0 Å². The monoisotopic (exact) mass is 228 g/mol. The van der Waals surface area contributed by atoms with Gasteiger partial charge in [0.25, 0.3) is 0 Å². The summed E-state index contributed by atoms with van der Waals surface area (Å²) in [5.74, 6) is 1.70. The number of benzene rings is 1. The van der Waals surface area contributed by atoms with E-state index in [0.717, 1.165) is 30.6 Å². The summed E-state index contributed by atoms with van der Waals surface area (Å²) < 4.78 is 5.57. The third-order valence-corrected chi connectivity index (χ3v) is 2.41. The van der Waals surface area contributed by atoms with Crippen LogP contribution in [0.3, 0.4) is 0 Å². The van der Waals surface area contributed by atoms with Gasteiger partial charge in [-0.25, -0.2) is 0 Å². The van der Waals surface area contributed by atoms with E-state index in [0.29, 0.717) is 18.2 Å². The summed E-state index contributed by atoms with van der Waals surface area (Å²) in [6.45, 7) is 2.68. The summed E-state index contributed by atoms with van der Waals surface area (Å²) in [5.41, 5.74) is 0.898. The molecule has 1 aromatic rings. The zero-order valence-corrected chi connectivity index (χ0v) is 9.76. The Kier molecular flexibility index (Phi) is 5.33. The van der Waals surface area contributed by atoms with Crippen molar-refractivity contribution >= 4 is 11.6 Å². The molecule has 0 unspecified atom stereocenters. The summed E-state index contributed by atoms with van der Waals surface area (Å²) in [6, 6.07) is 5.38. The zero-order chi connectivity index (χ0) is 11.1. The van der Waals surface area contributed by atoms with E-state index >= 15 is 0 Å². The summed E-state index contributed by atoms with van der Waals surface area (Å²) in [6.07, 6.45) is 2.65. The molecule has 0 saturated carbocycles. The molecule has 2 nitrogen and oxygen atoms in total. The van der Waals surface area contributed by atoms with E-state index in [2.05, 4.69) is 6.92 Å². The predicted molar refractivity (Wildman–Crippen MR) is 62.9 cm³/mol. The largest absolute Gasteiger partial charge is 0.508 e. The predicted octanol–water partition coefficient (Wildman–Crippen LogP) is 3.35. The molecule has 0 aliphatic rings. The van der Waals surface area contributed by atoms with Gasteiger partial charge in [0.15, 0.2) is 0 Å². The maximum Gasteiger partial charge on any atom is 0.126 e. The van der Waals surface area contributed by atoms with Crippen LogP contribution < -0.4 is 4.74 Å². The van der Waals surface area contributed by atoms with Crippen molar-refractivity contribution < 1.29 is 9.84 Å². The van der Waals surface area contributed by atoms with E-state index in [1.54, 1.807) is 12.1 Å². The lowest BCUT2D eigenvalue weighted by Crippen LogP contribution is -2.00. The molecule has 1 rings (SSSR count). The highest BCUT2D eigenvalue weighted by atomic mass is 35.5. The minimum Gasteiger partial charge on any atom is -0.508 e. The molecule has 84 valence electrons. The number of alkyl halides is 1. The van der Waals surface area contributed by atoms with Crippen molar-refractivity contribution in [3.8, 4) is 11.5 Å². The quantitative estimate of drug-likeness (QED) is 0.598. The lowest BCUT2D eigenvalue weighted by molar-refractivity contribution is 0.312. The molecule has 0 aliphatic heterocycles. The molecule has 0 spiro atoms. The summed E-state index contributed by atoms with van der Waals surface area (Å²) >= 11 is 5.57. The fourth-order valence-electron chi connectivity index (χ4n) is 1.43. The molecule has 3 heteroatoms. The maximum absolute atomic E-state index is 9.67. The van der Waals surface area contributed by atoms with Gasteiger partial charge in [-0.05, 0) is 25.0 Å². The lowest BCUT2D eigenvalue weighted by Gasteiger charge is -2.11. The van der Waals surface area contributed by atoms with Gasteiger partial charge in [-0.1, -0.05) is 19.4 Å². The second kappa shape index (κ2) is 6.57. The first-order valence-electron chi connectivity index (χ1n) is 5.29. The normalized spacial score (nSPS) is 10.3. The van der Waals surface area contributed by atoms with Gasteiger partial charge in [-0.3, -0.25) is 0 Å². The van der Waals surface area contributed by atoms with E-state index in [1.807, 2.05) is 6.07 Å². The van der Waals surface area contributed by atoms with Crippen LogP contribution >= 0.6 is 11.6 Å². The Hall–Kier alpha value is -0.890. The molecule has 1 N–H and O–H groups in total. The Bertz CT molecular complexity index is 300. The number of rotatable bonds is 6. The minimum absolute atomic E-state index is 0.320. The molecule has 0 fully saturated rings. The van der Waals surface area contributed by atoms with Gasteiger partial charge >= 0.3 is 0 Å². The van der Waals surface area contributed by atoms with Crippen molar-refractivity contribution in [2.24, 2.45) is 0 Å².